The maximum Gasteiger partial charge on any atom is 0.433 e. The topological polar surface area (TPSA) is 63.1 Å². The van der Waals surface area contributed by atoms with Gasteiger partial charge in [0.15, 0.2) is 0 Å². The molecular weight excluding hydrogens is 451 g/mol. The smallest absolute Gasteiger partial charge is 0.433 e. The van der Waals surface area contributed by atoms with Gasteiger partial charge in [0.05, 0.1) is 11.1 Å². The second-order valence-electron chi connectivity index (χ2n) is 7.50. The van der Waals surface area contributed by atoms with Gasteiger partial charge in [-0.15, -0.1) is 11.8 Å². The zero-order chi connectivity index (χ0) is 23.6. The number of hydrogen-bond donors (Lipinski definition) is 1. The fourth-order valence-electron chi connectivity index (χ4n) is 3.45. The van der Waals surface area contributed by atoms with Gasteiger partial charge in [-0.2, -0.15) is 13.2 Å². The summed E-state index contributed by atoms with van der Waals surface area (Å²) in [5.74, 6) is -2.30. The van der Waals surface area contributed by atoms with Crippen LogP contribution in [0.4, 0.5) is 22.0 Å². The van der Waals surface area contributed by atoms with Crippen LogP contribution in [0.5, 0.6) is 0 Å². The van der Waals surface area contributed by atoms with Gasteiger partial charge in [-0.05, 0) is 35.6 Å². The lowest BCUT2D eigenvalue weighted by Crippen LogP contribution is -2.21. The molecule has 0 radical (unpaired) electrons. The number of carboxylic acids is 1. The summed E-state index contributed by atoms with van der Waals surface area (Å²) in [7, 11) is 0. The molecule has 0 unspecified atom stereocenters. The van der Waals surface area contributed by atoms with E-state index in [1.807, 2.05) is 0 Å². The first-order valence-corrected chi connectivity index (χ1v) is 10.6. The molecule has 0 atom stereocenters. The highest BCUT2D eigenvalue weighted by Crippen LogP contribution is 2.40. The van der Waals surface area contributed by atoms with E-state index >= 15 is 0 Å². The maximum atomic E-state index is 13.8. The Morgan fingerprint density at radius 3 is 2.41 bits per heavy atom. The summed E-state index contributed by atoms with van der Waals surface area (Å²) in [4.78, 5) is 19.8. The minimum Gasteiger partial charge on any atom is -0.478 e. The van der Waals surface area contributed by atoms with Crippen molar-refractivity contribution in [3.63, 3.8) is 0 Å². The molecule has 4 nitrogen and oxygen atoms in total. The molecule has 32 heavy (non-hydrogen) atoms. The molecule has 0 saturated carbocycles. The van der Waals surface area contributed by atoms with Gasteiger partial charge in [0.2, 0.25) is 0 Å². The third-order valence-corrected chi connectivity index (χ3v) is 5.78. The number of para-hydroxylation sites is 1. The van der Waals surface area contributed by atoms with Crippen LogP contribution in [0.2, 0.25) is 0 Å². The normalized spacial score (nSPS) is 12.2. The maximum absolute atomic E-state index is 13.8. The average Bonchev–Trinajstić information content (AvgIpc) is 2.70. The van der Waals surface area contributed by atoms with Crippen LogP contribution in [0.15, 0.2) is 41.4 Å². The predicted molar refractivity (Wildman–Crippen MR) is 111 cm³/mol. The van der Waals surface area contributed by atoms with Crippen molar-refractivity contribution in [2.75, 3.05) is 0 Å². The lowest BCUT2D eigenvalue weighted by molar-refractivity contribution is -0.142. The van der Waals surface area contributed by atoms with Gasteiger partial charge in [-0.1, -0.05) is 32.0 Å². The Labute approximate surface area is 184 Å². The summed E-state index contributed by atoms with van der Waals surface area (Å²) in [5.41, 5.74) is -3.77. The molecule has 0 amide bonds. The molecule has 0 fully saturated rings. The van der Waals surface area contributed by atoms with Gasteiger partial charge in [-0.25, -0.2) is 18.6 Å². The van der Waals surface area contributed by atoms with Crippen LogP contribution in [0, 0.1) is 5.92 Å². The summed E-state index contributed by atoms with van der Waals surface area (Å²) < 4.78 is 68.6. The first-order chi connectivity index (χ1) is 15.0. The van der Waals surface area contributed by atoms with Crippen LogP contribution in [0.1, 0.15) is 53.1 Å². The Kier molecular flexibility index (Phi) is 7.02. The molecule has 3 aromatic rings. The standard InChI is InChI=1S/C22H19F5N2O2S/c1-11(2)9-13-14(10-32-15-7-3-5-12-6-4-8-28-17(12)15)19(22(25,26)27)29-18(20(23)24)16(13)21(30)31/h3-8,11,20H,9-10H2,1-2H3,(H,30,31). The number of nitrogens with zero attached hydrogens (tertiary/aromatic N) is 2. The number of carboxylic acid groups (broad SMARTS) is 1. The molecule has 0 bridgehead atoms. The number of aromatic nitrogens is 2. The molecule has 0 spiro atoms. The predicted octanol–water partition coefficient (Wildman–Crippen LogP) is 6.78. The molecule has 0 aliphatic rings. The minimum absolute atomic E-state index is 0.114. The van der Waals surface area contributed by atoms with Crippen molar-refractivity contribution in [3.05, 3.63) is 64.6 Å². The monoisotopic (exact) mass is 470 g/mol. The zero-order valence-corrected chi connectivity index (χ0v) is 17.9. The van der Waals surface area contributed by atoms with Crippen LogP contribution in [-0.2, 0) is 18.3 Å². The molecular formula is C22H19F5N2O2S. The van der Waals surface area contributed by atoms with E-state index in [9.17, 15) is 31.9 Å². The number of rotatable bonds is 7. The number of fused-ring (bicyclic) bond motifs is 1. The van der Waals surface area contributed by atoms with Crippen molar-refractivity contribution in [1.82, 2.24) is 9.97 Å². The molecule has 0 aliphatic carbocycles. The largest absolute Gasteiger partial charge is 0.478 e. The highest BCUT2D eigenvalue weighted by atomic mass is 32.2. The van der Waals surface area contributed by atoms with Crippen molar-refractivity contribution < 1.29 is 31.9 Å². The Morgan fingerprint density at radius 1 is 1.12 bits per heavy atom. The summed E-state index contributed by atoms with van der Waals surface area (Å²) in [6.45, 7) is 3.35. The number of aromatic carboxylic acids is 1. The number of hydrogen-bond acceptors (Lipinski definition) is 4. The van der Waals surface area contributed by atoms with Crippen LogP contribution in [-0.4, -0.2) is 21.0 Å². The van der Waals surface area contributed by atoms with Gasteiger partial charge in [-0.3, -0.25) is 4.98 Å². The van der Waals surface area contributed by atoms with Crippen molar-refractivity contribution in [1.29, 1.82) is 0 Å². The fourth-order valence-corrected chi connectivity index (χ4v) is 4.55. The van der Waals surface area contributed by atoms with Crippen LogP contribution >= 0.6 is 11.8 Å². The van der Waals surface area contributed by atoms with E-state index in [2.05, 4.69) is 9.97 Å². The number of pyridine rings is 2. The SMILES string of the molecule is CC(C)Cc1c(CSc2cccc3cccnc23)c(C(F)(F)F)nc(C(F)F)c1C(=O)O. The summed E-state index contributed by atoms with van der Waals surface area (Å²) in [6, 6.07) is 8.76. The third kappa shape index (κ3) is 5.01. The summed E-state index contributed by atoms with van der Waals surface area (Å²) in [6.07, 6.45) is -7.05. The Bertz CT molecular complexity index is 1140. The molecule has 0 saturated heterocycles. The first kappa shape index (κ1) is 23.9. The molecule has 1 aromatic carbocycles. The second kappa shape index (κ2) is 9.40. The minimum atomic E-state index is -5.03. The van der Waals surface area contributed by atoms with Gasteiger partial charge in [0.1, 0.15) is 11.4 Å². The zero-order valence-electron chi connectivity index (χ0n) is 17.1. The van der Waals surface area contributed by atoms with Gasteiger partial charge < -0.3 is 5.11 Å². The lowest BCUT2D eigenvalue weighted by atomic mass is 9.91. The fraction of sp³-hybridized carbons (Fsp3) is 0.318. The molecule has 1 N–H and O–H groups in total. The van der Waals surface area contributed by atoms with E-state index in [1.165, 1.54) is 0 Å². The first-order valence-electron chi connectivity index (χ1n) is 9.61. The number of benzene rings is 1. The van der Waals surface area contributed by atoms with Crippen molar-refractivity contribution in [2.24, 2.45) is 5.92 Å². The Morgan fingerprint density at radius 2 is 1.81 bits per heavy atom. The average molecular weight is 470 g/mol. The third-order valence-electron chi connectivity index (χ3n) is 4.71. The lowest BCUT2D eigenvalue weighted by Gasteiger charge is -2.22. The van der Waals surface area contributed by atoms with Crippen LogP contribution < -0.4 is 0 Å². The number of thioether (sulfide) groups is 1. The van der Waals surface area contributed by atoms with Crippen molar-refractivity contribution >= 4 is 28.6 Å². The summed E-state index contributed by atoms with van der Waals surface area (Å²) in [5, 5.41) is 10.4. The Hall–Kier alpha value is -2.75. The highest BCUT2D eigenvalue weighted by Gasteiger charge is 2.40. The van der Waals surface area contributed by atoms with Crippen molar-refractivity contribution in [3.8, 4) is 0 Å². The van der Waals surface area contributed by atoms with Gasteiger partial charge in [0.25, 0.3) is 6.43 Å². The highest BCUT2D eigenvalue weighted by molar-refractivity contribution is 7.98. The molecule has 2 heterocycles. The summed E-state index contributed by atoms with van der Waals surface area (Å²) >= 11 is 1.03. The van der Waals surface area contributed by atoms with E-state index in [-0.39, 0.29) is 23.7 Å². The van der Waals surface area contributed by atoms with E-state index in [4.69, 9.17) is 0 Å². The number of alkyl halides is 5. The Balaban J connectivity index is 2.21. The quantitative estimate of drug-likeness (QED) is 0.305. The van der Waals surface area contributed by atoms with Gasteiger partial charge in [0, 0.05) is 22.2 Å². The van der Waals surface area contributed by atoms with E-state index < -0.39 is 41.1 Å². The second-order valence-corrected chi connectivity index (χ2v) is 8.52. The van der Waals surface area contributed by atoms with Crippen LogP contribution in [0.25, 0.3) is 10.9 Å². The molecule has 10 heteroatoms. The number of halogens is 5. The van der Waals surface area contributed by atoms with Crippen LogP contribution in [0.3, 0.4) is 0 Å². The van der Waals surface area contributed by atoms with E-state index in [1.54, 1.807) is 50.4 Å². The number of carbonyl (C=O) groups is 1. The molecule has 2 aromatic heterocycles. The van der Waals surface area contributed by atoms with Crippen molar-refractivity contribution in [2.45, 2.75) is 43.5 Å². The van der Waals surface area contributed by atoms with E-state index in [0.717, 1.165) is 17.1 Å². The molecule has 3 rings (SSSR count). The van der Waals surface area contributed by atoms with Gasteiger partial charge >= 0.3 is 12.1 Å². The molecule has 170 valence electrons. The van der Waals surface area contributed by atoms with E-state index in [0.29, 0.717) is 10.4 Å². The molecule has 0 aliphatic heterocycles.